The molecule has 2 bridgehead atoms. The highest BCUT2D eigenvalue weighted by molar-refractivity contribution is 6.31. The molecule has 0 spiro atoms. The molecule has 5 unspecified atom stereocenters. The molecule has 0 radical (unpaired) electrons. The fourth-order valence-corrected chi connectivity index (χ4v) is 5.26. The van der Waals surface area contributed by atoms with Crippen LogP contribution in [0.3, 0.4) is 0 Å². The van der Waals surface area contributed by atoms with Gasteiger partial charge in [-0.15, -0.1) is 0 Å². The van der Waals surface area contributed by atoms with Crippen molar-refractivity contribution in [1.29, 1.82) is 0 Å². The average molecular weight is 494 g/mol. The standard InChI is InChI=1S/C24H32ClN3O6/c1-24(2,3)20(27-21(32)16-6-4-5-7-17(16)25)23(34)28-15-9-8-13(10-15)19(28)22(33)26-14(12-29)11-18(30)31/h4-7,12-15,19-21,27,32H,8-11H2,1-3H3,(H,26,33)(H,30,31)/t13?,14?,15?,19-,20?,21?/m0/s1. The first-order valence-electron chi connectivity index (χ1n) is 11.4. The Bertz CT molecular complexity index is 949. The van der Waals surface area contributed by atoms with Crippen molar-refractivity contribution >= 4 is 35.7 Å². The maximum atomic E-state index is 13.9. The van der Waals surface area contributed by atoms with Gasteiger partial charge in [-0.25, -0.2) is 0 Å². The van der Waals surface area contributed by atoms with E-state index in [9.17, 15) is 24.3 Å². The van der Waals surface area contributed by atoms with Gasteiger partial charge in [0.05, 0.1) is 18.5 Å². The van der Waals surface area contributed by atoms with Crippen molar-refractivity contribution in [2.24, 2.45) is 11.3 Å². The molecule has 3 rings (SSSR count). The first-order valence-corrected chi connectivity index (χ1v) is 11.8. The first-order chi connectivity index (χ1) is 15.9. The number of hydrogen-bond acceptors (Lipinski definition) is 6. The zero-order valence-corrected chi connectivity index (χ0v) is 20.3. The number of fused-ring (bicyclic) bond motifs is 2. The van der Waals surface area contributed by atoms with E-state index < -0.39 is 48.1 Å². The van der Waals surface area contributed by atoms with E-state index in [0.717, 1.165) is 12.8 Å². The van der Waals surface area contributed by atoms with Gasteiger partial charge in [0.1, 0.15) is 18.6 Å². The third-order valence-corrected chi connectivity index (χ3v) is 6.98. The molecule has 34 heavy (non-hydrogen) atoms. The lowest BCUT2D eigenvalue weighted by Crippen LogP contribution is -2.61. The van der Waals surface area contributed by atoms with Gasteiger partial charge in [0.15, 0.2) is 0 Å². The number of aliphatic hydroxyl groups is 1. The van der Waals surface area contributed by atoms with Crippen LogP contribution in [0, 0.1) is 11.3 Å². The van der Waals surface area contributed by atoms with E-state index >= 15 is 0 Å². The summed E-state index contributed by atoms with van der Waals surface area (Å²) < 4.78 is 0. The molecule has 1 aromatic carbocycles. The Kier molecular flexibility index (Phi) is 8.00. The Morgan fingerprint density at radius 1 is 1.24 bits per heavy atom. The summed E-state index contributed by atoms with van der Waals surface area (Å²) in [4.78, 5) is 50.8. The molecule has 6 atom stereocenters. The number of likely N-dealkylation sites (tertiary alicyclic amines) is 1. The van der Waals surface area contributed by atoms with E-state index in [4.69, 9.17) is 16.7 Å². The summed E-state index contributed by atoms with van der Waals surface area (Å²) in [6.45, 7) is 5.59. The fourth-order valence-electron chi connectivity index (χ4n) is 5.02. The van der Waals surface area contributed by atoms with Gasteiger partial charge < -0.3 is 25.2 Å². The summed E-state index contributed by atoms with van der Waals surface area (Å²) in [5.74, 6) is -2.13. The highest BCUT2D eigenvalue weighted by Crippen LogP contribution is 2.44. The minimum absolute atomic E-state index is 0.0693. The second-order valence-electron chi connectivity index (χ2n) is 10.2. The summed E-state index contributed by atoms with van der Waals surface area (Å²) >= 11 is 6.22. The van der Waals surface area contributed by atoms with Crippen LogP contribution in [0.15, 0.2) is 24.3 Å². The number of benzene rings is 1. The molecule has 2 amide bonds. The molecule has 1 aliphatic heterocycles. The minimum atomic E-state index is -1.20. The number of carboxylic acids is 1. The van der Waals surface area contributed by atoms with E-state index in [0.29, 0.717) is 23.3 Å². The minimum Gasteiger partial charge on any atom is -0.481 e. The highest BCUT2D eigenvalue weighted by Gasteiger charge is 2.53. The molecule has 1 saturated carbocycles. The van der Waals surface area contributed by atoms with Gasteiger partial charge in [-0.3, -0.25) is 19.7 Å². The summed E-state index contributed by atoms with van der Waals surface area (Å²) in [6, 6.07) is 3.86. The molecular formula is C24H32ClN3O6. The lowest BCUT2D eigenvalue weighted by Gasteiger charge is -2.41. The number of carboxylic acid groups (broad SMARTS) is 1. The number of rotatable bonds is 9. The number of piperidine rings is 1. The van der Waals surface area contributed by atoms with Crippen molar-refractivity contribution in [2.75, 3.05) is 0 Å². The Hall–Kier alpha value is -2.49. The zero-order valence-electron chi connectivity index (χ0n) is 19.5. The number of halogens is 1. The van der Waals surface area contributed by atoms with E-state index in [2.05, 4.69) is 10.6 Å². The molecule has 1 saturated heterocycles. The third-order valence-electron chi connectivity index (χ3n) is 6.63. The van der Waals surface area contributed by atoms with Gasteiger partial charge in [0.25, 0.3) is 0 Å². The van der Waals surface area contributed by atoms with Crippen molar-refractivity contribution in [3.8, 4) is 0 Å². The fraction of sp³-hybridized carbons (Fsp3) is 0.583. The van der Waals surface area contributed by atoms with Crippen molar-refractivity contribution in [3.63, 3.8) is 0 Å². The largest absolute Gasteiger partial charge is 0.481 e. The quantitative estimate of drug-likeness (QED) is 0.304. The maximum Gasteiger partial charge on any atom is 0.305 e. The number of carbonyl (C=O) groups is 4. The summed E-state index contributed by atoms with van der Waals surface area (Å²) in [6.07, 6.45) is 0.858. The number of aliphatic carboxylic acids is 1. The number of hydrogen-bond donors (Lipinski definition) is 4. The van der Waals surface area contributed by atoms with E-state index in [1.165, 1.54) is 0 Å². The molecule has 10 heteroatoms. The van der Waals surface area contributed by atoms with Gasteiger partial charge in [0.2, 0.25) is 11.8 Å². The smallest absolute Gasteiger partial charge is 0.305 e. The molecule has 1 aromatic rings. The van der Waals surface area contributed by atoms with Gasteiger partial charge in [-0.1, -0.05) is 50.6 Å². The van der Waals surface area contributed by atoms with E-state index in [1.54, 1.807) is 29.2 Å². The van der Waals surface area contributed by atoms with Crippen LogP contribution >= 0.6 is 11.6 Å². The van der Waals surface area contributed by atoms with Gasteiger partial charge in [0, 0.05) is 16.6 Å². The predicted molar refractivity (Wildman–Crippen MR) is 125 cm³/mol. The zero-order chi connectivity index (χ0) is 25.2. The molecule has 2 fully saturated rings. The second kappa shape index (κ2) is 10.4. The molecule has 1 heterocycles. The molecule has 2 aliphatic rings. The highest BCUT2D eigenvalue weighted by atomic mass is 35.5. The third kappa shape index (κ3) is 5.59. The Morgan fingerprint density at radius 3 is 2.50 bits per heavy atom. The lowest BCUT2D eigenvalue weighted by molar-refractivity contribution is -0.148. The predicted octanol–water partition coefficient (Wildman–Crippen LogP) is 1.87. The van der Waals surface area contributed by atoms with Crippen LogP contribution in [0.4, 0.5) is 0 Å². The summed E-state index contributed by atoms with van der Waals surface area (Å²) in [7, 11) is 0. The van der Waals surface area contributed by atoms with Gasteiger partial charge >= 0.3 is 5.97 Å². The van der Waals surface area contributed by atoms with Crippen LogP contribution in [0.1, 0.15) is 58.2 Å². The normalized spacial score (nSPS) is 24.4. The van der Waals surface area contributed by atoms with Gasteiger partial charge in [-0.2, -0.15) is 0 Å². The molecule has 4 N–H and O–H groups in total. The topological polar surface area (TPSA) is 136 Å². The molecule has 0 aromatic heterocycles. The van der Waals surface area contributed by atoms with E-state index in [-0.39, 0.29) is 17.9 Å². The van der Waals surface area contributed by atoms with Crippen LogP contribution < -0.4 is 10.6 Å². The number of aliphatic hydroxyl groups excluding tert-OH is 1. The lowest BCUT2D eigenvalue weighted by atomic mass is 9.84. The average Bonchev–Trinajstić information content (AvgIpc) is 3.37. The van der Waals surface area contributed by atoms with Crippen LogP contribution in [-0.2, 0) is 19.2 Å². The second-order valence-corrected chi connectivity index (χ2v) is 10.6. The van der Waals surface area contributed by atoms with Gasteiger partial charge in [-0.05, 0) is 36.7 Å². The van der Waals surface area contributed by atoms with Crippen LogP contribution in [0.5, 0.6) is 0 Å². The van der Waals surface area contributed by atoms with Crippen LogP contribution in [-0.4, -0.2) is 63.4 Å². The number of aldehydes is 1. The Morgan fingerprint density at radius 2 is 1.91 bits per heavy atom. The molecule has 9 nitrogen and oxygen atoms in total. The Balaban J connectivity index is 1.84. The van der Waals surface area contributed by atoms with Crippen molar-refractivity contribution in [1.82, 2.24) is 15.5 Å². The van der Waals surface area contributed by atoms with Crippen molar-refractivity contribution < 1.29 is 29.4 Å². The van der Waals surface area contributed by atoms with Crippen molar-refractivity contribution in [2.45, 2.75) is 76.8 Å². The number of nitrogens with one attached hydrogen (secondary N) is 2. The number of carbonyl (C=O) groups excluding carboxylic acids is 3. The van der Waals surface area contributed by atoms with Crippen molar-refractivity contribution in [3.05, 3.63) is 34.9 Å². The summed E-state index contributed by atoms with van der Waals surface area (Å²) in [5.41, 5.74) is -0.178. The molecule has 186 valence electrons. The SMILES string of the molecule is CC(C)(C)C(NC(O)c1ccccc1Cl)C(=O)N1C2CCC(C2)[C@H]1C(=O)NC(C=O)CC(=O)O. The van der Waals surface area contributed by atoms with E-state index in [1.807, 2.05) is 20.8 Å². The number of amides is 2. The maximum absolute atomic E-state index is 13.9. The molecular weight excluding hydrogens is 462 g/mol. The Labute approximate surface area is 203 Å². The molecule has 1 aliphatic carbocycles. The summed E-state index contributed by atoms with van der Waals surface area (Å²) in [5, 5.41) is 25.7. The monoisotopic (exact) mass is 493 g/mol. The van der Waals surface area contributed by atoms with Crippen LogP contribution in [0.2, 0.25) is 5.02 Å². The number of nitrogens with zero attached hydrogens (tertiary/aromatic N) is 1. The van der Waals surface area contributed by atoms with Crippen LogP contribution in [0.25, 0.3) is 0 Å². The first kappa shape index (κ1) is 26.1.